The van der Waals surface area contributed by atoms with E-state index in [0.717, 1.165) is 22.3 Å². The molecule has 0 aliphatic heterocycles. The number of nitrogens with zero attached hydrogens (tertiary/aromatic N) is 2. The molecule has 226 valence electrons. The quantitative estimate of drug-likeness (QED) is 0.270. The summed E-state index contributed by atoms with van der Waals surface area (Å²) in [7, 11) is -3.58. The average molecular weight is 612 g/mol. The van der Waals surface area contributed by atoms with Crippen LogP contribution in [0, 0.1) is 13.8 Å². The standard InChI is InChI=1S/C33H42ClN3O4S/c1-24-17-18-29(20-25(24)2)37(42(6,40)41)19-11-16-31(38)36(23-27-14-10-15-28(34)21-27)30(32(39)35-33(3,4)5)22-26-12-8-7-9-13-26/h7-10,12-15,17-18,20-21,30H,11,16,19,22-23H2,1-6H3,(H,35,39). The molecule has 0 fully saturated rings. The van der Waals surface area contributed by atoms with Crippen LogP contribution >= 0.6 is 11.6 Å². The number of carbonyl (C=O) groups excluding carboxylic acids is 2. The normalized spacial score (nSPS) is 12.5. The Morgan fingerprint density at radius 3 is 2.17 bits per heavy atom. The molecule has 1 atom stereocenters. The van der Waals surface area contributed by atoms with Crippen molar-refractivity contribution in [1.29, 1.82) is 0 Å². The fourth-order valence-electron chi connectivity index (χ4n) is 4.72. The van der Waals surface area contributed by atoms with E-state index in [4.69, 9.17) is 11.6 Å². The van der Waals surface area contributed by atoms with Crippen molar-refractivity contribution in [3.63, 3.8) is 0 Å². The van der Waals surface area contributed by atoms with Gasteiger partial charge >= 0.3 is 0 Å². The van der Waals surface area contributed by atoms with E-state index in [9.17, 15) is 18.0 Å². The molecular formula is C33H42ClN3O4S. The van der Waals surface area contributed by atoms with Gasteiger partial charge < -0.3 is 10.2 Å². The minimum atomic E-state index is -3.58. The summed E-state index contributed by atoms with van der Waals surface area (Å²) in [5.74, 6) is -0.497. The molecule has 3 aromatic carbocycles. The molecule has 0 radical (unpaired) electrons. The van der Waals surface area contributed by atoms with Crippen LogP contribution in [-0.2, 0) is 32.6 Å². The molecule has 0 saturated carbocycles. The van der Waals surface area contributed by atoms with Crippen LogP contribution in [0.1, 0.15) is 55.9 Å². The van der Waals surface area contributed by atoms with Crippen molar-refractivity contribution in [2.24, 2.45) is 0 Å². The van der Waals surface area contributed by atoms with E-state index in [-0.39, 0.29) is 37.7 Å². The van der Waals surface area contributed by atoms with Gasteiger partial charge in [-0.2, -0.15) is 0 Å². The number of amides is 2. The number of aryl methyl sites for hydroxylation is 2. The maximum atomic E-state index is 13.9. The van der Waals surface area contributed by atoms with E-state index in [1.165, 1.54) is 10.6 Å². The minimum Gasteiger partial charge on any atom is -0.350 e. The van der Waals surface area contributed by atoms with Crippen LogP contribution in [-0.4, -0.2) is 49.5 Å². The molecule has 9 heteroatoms. The summed E-state index contributed by atoms with van der Waals surface area (Å²) >= 11 is 6.26. The smallest absolute Gasteiger partial charge is 0.243 e. The predicted octanol–water partition coefficient (Wildman–Crippen LogP) is 6.06. The number of carbonyl (C=O) groups is 2. The second-order valence-corrected chi connectivity index (χ2v) is 14.1. The molecule has 1 N–H and O–H groups in total. The maximum absolute atomic E-state index is 13.9. The largest absolute Gasteiger partial charge is 0.350 e. The third-order valence-corrected chi connectivity index (χ3v) is 8.37. The van der Waals surface area contributed by atoms with Crippen LogP contribution in [0.25, 0.3) is 0 Å². The Balaban J connectivity index is 1.91. The van der Waals surface area contributed by atoms with Crippen LogP contribution in [0.15, 0.2) is 72.8 Å². The average Bonchev–Trinajstić information content (AvgIpc) is 2.89. The van der Waals surface area contributed by atoms with E-state index >= 15 is 0 Å². The molecule has 7 nitrogen and oxygen atoms in total. The Morgan fingerprint density at radius 2 is 1.57 bits per heavy atom. The van der Waals surface area contributed by atoms with Gasteiger partial charge in [-0.3, -0.25) is 13.9 Å². The van der Waals surface area contributed by atoms with Gasteiger partial charge in [-0.05, 0) is 87.6 Å². The zero-order valence-electron chi connectivity index (χ0n) is 25.4. The van der Waals surface area contributed by atoms with Crippen LogP contribution in [0.2, 0.25) is 5.02 Å². The summed E-state index contributed by atoms with van der Waals surface area (Å²) in [5, 5.41) is 3.59. The van der Waals surface area contributed by atoms with Crippen molar-refractivity contribution >= 4 is 39.1 Å². The summed E-state index contributed by atoms with van der Waals surface area (Å²) in [4.78, 5) is 29.2. The summed E-state index contributed by atoms with van der Waals surface area (Å²) in [6.45, 7) is 9.93. The minimum absolute atomic E-state index is 0.0610. The molecule has 0 bridgehead atoms. The first-order valence-corrected chi connectivity index (χ1v) is 16.3. The van der Waals surface area contributed by atoms with Gasteiger partial charge in [0.25, 0.3) is 0 Å². The van der Waals surface area contributed by atoms with Crippen molar-refractivity contribution in [2.45, 2.75) is 72.0 Å². The molecule has 42 heavy (non-hydrogen) atoms. The molecule has 0 aliphatic carbocycles. The highest BCUT2D eigenvalue weighted by Crippen LogP contribution is 2.23. The molecule has 1 unspecified atom stereocenters. The third kappa shape index (κ3) is 9.88. The third-order valence-electron chi connectivity index (χ3n) is 6.94. The Labute approximate surface area is 255 Å². The summed E-state index contributed by atoms with van der Waals surface area (Å²) in [5.41, 5.74) is 3.84. The van der Waals surface area contributed by atoms with E-state index in [1.807, 2.05) is 89.2 Å². The van der Waals surface area contributed by atoms with E-state index < -0.39 is 21.6 Å². The Kier molecular flexibility index (Phi) is 11.2. The molecular weight excluding hydrogens is 570 g/mol. The lowest BCUT2D eigenvalue weighted by molar-refractivity contribution is -0.142. The van der Waals surface area contributed by atoms with Gasteiger partial charge in [0.15, 0.2) is 0 Å². The lowest BCUT2D eigenvalue weighted by Gasteiger charge is -2.34. The number of benzene rings is 3. The van der Waals surface area contributed by atoms with Crippen molar-refractivity contribution < 1.29 is 18.0 Å². The number of hydrogen-bond acceptors (Lipinski definition) is 4. The molecule has 0 aromatic heterocycles. The van der Waals surface area contributed by atoms with Crippen LogP contribution in [0.4, 0.5) is 5.69 Å². The number of halogens is 1. The monoisotopic (exact) mass is 611 g/mol. The number of anilines is 1. The molecule has 0 aliphatic rings. The molecule has 0 spiro atoms. The number of sulfonamides is 1. The van der Waals surface area contributed by atoms with Gasteiger partial charge in [0.2, 0.25) is 21.8 Å². The van der Waals surface area contributed by atoms with Crippen LogP contribution in [0.5, 0.6) is 0 Å². The van der Waals surface area contributed by atoms with Gasteiger partial charge in [0.1, 0.15) is 6.04 Å². The first-order chi connectivity index (χ1) is 19.6. The number of nitrogens with one attached hydrogen (secondary N) is 1. The van der Waals surface area contributed by atoms with Gasteiger partial charge in [-0.1, -0.05) is 60.1 Å². The first kappa shape index (κ1) is 33.1. The Bertz CT molecular complexity index is 1490. The number of rotatable bonds is 12. The highest BCUT2D eigenvalue weighted by molar-refractivity contribution is 7.92. The molecule has 2 amide bonds. The van der Waals surface area contributed by atoms with Crippen molar-refractivity contribution in [2.75, 3.05) is 17.1 Å². The Hall–Kier alpha value is -3.36. The van der Waals surface area contributed by atoms with Crippen molar-refractivity contribution in [3.8, 4) is 0 Å². The lowest BCUT2D eigenvalue weighted by Crippen LogP contribution is -2.54. The molecule has 3 rings (SSSR count). The highest BCUT2D eigenvalue weighted by Gasteiger charge is 2.32. The van der Waals surface area contributed by atoms with Crippen molar-refractivity contribution in [1.82, 2.24) is 10.2 Å². The summed E-state index contributed by atoms with van der Waals surface area (Å²) in [6, 6.07) is 21.6. The SMILES string of the molecule is Cc1ccc(N(CCCC(=O)N(Cc2cccc(Cl)c2)C(Cc2ccccc2)C(=O)NC(C)(C)C)S(C)(=O)=O)cc1C. The van der Waals surface area contributed by atoms with Gasteiger partial charge in [0, 0.05) is 36.5 Å². The molecule has 0 saturated heterocycles. The second kappa shape index (κ2) is 14.2. The van der Waals surface area contributed by atoms with Gasteiger partial charge in [-0.15, -0.1) is 0 Å². The summed E-state index contributed by atoms with van der Waals surface area (Å²) in [6.07, 6.45) is 1.84. The second-order valence-electron chi connectivity index (χ2n) is 11.8. The maximum Gasteiger partial charge on any atom is 0.243 e. The zero-order chi connectivity index (χ0) is 31.1. The van der Waals surface area contributed by atoms with Crippen LogP contribution in [0.3, 0.4) is 0 Å². The van der Waals surface area contributed by atoms with Gasteiger partial charge in [0.05, 0.1) is 11.9 Å². The molecule has 3 aromatic rings. The highest BCUT2D eigenvalue weighted by atomic mass is 35.5. The summed E-state index contributed by atoms with van der Waals surface area (Å²) < 4.78 is 26.8. The van der Waals surface area contributed by atoms with E-state index in [2.05, 4.69) is 5.32 Å². The topological polar surface area (TPSA) is 86.8 Å². The van der Waals surface area contributed by atoms with Crippen molar-refractivity contribution in [3.05, 3.63) is 100 Å². The van der Waals surface area contributed by atoms with Gasteiger partial charge in [-0.25, -0.2) is 8.42 Å². The van der Waals surface area contributed by atoms with Crippen LogP contribution < -0.4 is 9.62 Å². The molecule has 0 heterocycles. The lowest BCUT2D eigenvalue weighted by atomic mass is 10.00. The van der Waals surface area contributed by atoms with E-state index in [1.54, 1.807) is 23.1 Å². The number of hydrogen-bond donors (Lipinski definition) is 1. The predicted molar refractivity (Wildman–Crippen MR) is 171 cm³/mol. The van der Waals surface area contributed by atoms with E-state index in [0.29, 0.717) is 17.1 Å². The first-order valence-electron chi connectivity index (χ1n) is 14.1. The Morgan fingerprint density at radius 1 is 0.905 bits per heavy atom. The fraction of sp³-hybridized carbons (Fsp3) is 0.394. The zero-order valence-corrected chi connectivity index (χ0v) is 26.9. The fourth-order valence-corrected chi connectivity index (χ4v) is 5.89.